The number of ether oxygens (including phenoxy) is 3. The third-order valence-corrected chi connectivity index (χ3v) is 9.45. The first-order valence-corrected chi connectivity index (χ1v) is 17.6. The number of pyridine rings is 1. The molecule has 4 aromatic heterocycles. The number of carbonyl (C=O) groups excluding carboxylic acids is 2. The van der Waals surface area contributed by atoms with Gasteiger partial charge in [0.05, 0.1) is 41.5 Å². The predicted octanol–water partition coefficient (Wildman–Crippen LogP) is 6.00. The van der Waals surface area contributed by atoms with Crippen molar-refractivity contribution in [3.63, 3.8) is 0 Å². The number of nitrogens with zero attached hydrogens (tertiary/aromatic N) is 5. The van der Waals surface area contributed by atoms with Gasteiger partial charge in [-0.15, -0.1) is 21.5 Å². The van der Waals surface area contributed by atoms with Crippen LogP contribution in [0.1, 0.15) is 37.5 Å². The van der Waals surface area contributed by atoms with E-state index >= 15 is 8.78 Å². The molecule has 55 heavy (non-hydrogen) atoms. The molecular formula is C38H35F2N7O7S. The first-order valence-electron chi connectivity index (χ1n) is 16.8. The number of amides is 2. The molecule has 14 nitrogen and oxygen atoms in total. The summed E-state index contributed by atoms with van der Waals surface area (Å²) in [7, 11) is 1.37. The van der Waals surface area contributed by atoms with Crippen LogP contribution < -0.4 is 27.0 Å². The van der Waals surface area contributed by atoms with Crippen LogP contribution in [-0.2, 0) is 28.9 Å². The average molecular weight is 772 g/mol. The lowest BCUT2D eigenvalue weighted by molar-refractivity contribution is 0.0635. The fraction of sp³-hybridized carbons (Fsp3) is 0.237. The van der Waals surface area contributed by atoms with Crippen LogP contribution in [0.4, 0.5) is 24.1 Å². The molecule has 1 unspecified atom stereocenters. The van der Waals surface area contributed by atoms with Gasteiger partial charge in [0.2, 0.25) is 5.88 Å². The molecule has 6 aromatic rings. The molecule has 0 aliphatic rings. The molecule has 284 valence electrons. The summed E-state index contributed by atoms with van der Waals surface area (Å²) in [6, 6.07) is 18.3. The van der Waals surface area contributed by atoms with Gasteiger partial charge in [-0.05, 0) is 62.2 Å². The van der Waals surface area contributed by atoms with E-state index < -0.39 is 58.9 Å². The zero-order chi connectivity index (χ0) is 39.4. The van der Waals surface area contributed by atoms with Crippen LogP contribution in [0.25, 0.3) is 26.6 Å². The third kappa shape index (κ3) is 8.67. The van der Waals surface area contributed by atoms with E-state index in [1.54, 1.807) is 32.9 Å². The summed E-state index contributed by atoms with van der Waals surface area (Å²) >= 11 is 0.970. The van der Waals surface area contributed by atoms with Crippen molar-refractivity contribution in [2.45, 2.75) is 51.9 Å². The maximum Gasteiger partial charge on any atom is 0.412 e. The van der Waals surface area contributed by atoms with Gasteiger partial charge in [-0.1, -0.05) is 36.4 Å². The molecule has 17 heteroatoms. The summed E-state index contributed by atoms with van der Waals surface area (Å²) in [5, 5.41) is 10.5. The monoisotopic (exact) mass is 771 g/mol. The Balaban J connectivity index is 1.61. The van der Waals surface area contributed by atoms with E-state index in [4.69, 9.17) is 19.9 Å². The van der Waals surface area contributed by atoms with E-state index in [0.717, 1.165) is 38.2 Å². The van der Waals surface area contributed by atoms with Gasteiger partial charge in [-0.2, -0.15) is 0 Å². The number of methoxy groups -OCH3 is 1. The Labute approximate surface area is 316 Å². The van der Waals surface area contributed by atoms with Gasteiger partial charge < -0.3 is 19.9 Å². The molecule has 0 fully saturated rings. The molecule has 2 aromatic carbocycles. The molecule has 0 spiro atoms. The number of benzene rings is 2. The number of hydrogen-bond donors (Lipinski definition) is 2. The maximum atomic E-state index is 15.2. The average Bonchev–Trinajstić information content (AvgIpc) is 3.50. The second kappa shape index (κ2) is 15.9. The van der Waals surface area contributed by atoms with E-state index in [1.807, 2.05) is 30.3 Å². The Morgan fingerprint density at radius 1 is 0.927 bits per heavy atom. The van der Waals surface area contributed by atoms with Crippen LogP contribution in [0.2, 0.25) is 0 Å². The van der Waals surface area contributed by atoms with Crippen LogP contribution in [-0.4, -0.2) is 55.3 Å². The largest absolute Gasteiger partial charge is 0.480 e. The minimum Gasteiger partial charge on any atom is -0.480 e. The summed E-state index contributed by atoms with van der Waals surface area (Å²) in [6.45, 7) is 4.55. The van der Waals surface area contributed by atoms with E-state index in [2.05, 4.69) is 20.5 Å². The van der Waals surface area contributed by atoms with Crippen molar-refractivity contribution < 1.29 is 32.6 Å². The van der Waals surface area contributed by atoms with Gasteiger partial charge >= 0.3 is 17.9 Å². The van der Waals surface area contributed by atoms with Gasteiger partial charge in [0.25, 0.3) is 5.56 Å². The predicted molar refractivity (Wildman–Crippen MR) is 201 cm³/mol. The number of primary amides is 1. The Hall–Kier alpha value is -6.49. The van der Waals surface area contributed by atoms with Crippen molar-refractivity contribution in [3.05, 3.63) is 128 Å². The van der Waals surface area contributed by atoms with Crippen LogP contribution in [0, 0.1) is 11.6 Å². The van der Waals surface area contributed by atoms with Crippen molar-refractivity contribution in [1.29, 1.82) is 0 Å². The molecule has 2 amide bonds. The summed E-state index contributed by atoms with van der Waals surface area (Å²) in [5.41, 5.74) is 4.24. The number of aromatic nitrogens is 5. The second-order valence-electron chi connectivity index (χ2n) is 13.2. The number of hydrogen-bond acceptors (Lipinski definition) is 11. The standard InChI is InChI=1S/C38H35F2N7O7S/c1-38(2,3)54-36(50)43-22-13-14-28(42-19-22)32-24(18-23(53-35(41)49)17-21-9-6-5-7-10-21)31-33(48)47(29-15-16-30(52-4)45-44-29)37(51)46(34(31)55-32)20-25-26(39)11-8-12-27(25)40/h5-16,19,23H,17-18,20H2,1-4H3,(H2,41,49)(H,43,50). The normalized spacial score (nSPS) is 12.0. The molecule has 0 saturated heterocycles. The molecule has 6 rings (SSSR count). The number of fused-ring (bicyclic) bond motifs is 1. The number of anilines is 1. The molecule has 0 aliphatic carbocycles. The highest BCUT2D eigenvalue weighted by molar-refractivity contribution is 7.22. The van der Waals surface area contributed by atoms with E-state index in [-0.39, 0.29) is 34.8 Å². The molecule has 0 aliphatic heterocycles. The Bertz CT molecular complexity index is 2460. The number of rotatable bonds is 11. The highest BCUT2D eigenvalue weighted by Gasteiger charge is 2.29. The highest BCUT2D eigenvalue weighted by Crippen LogP contribution is 2.38. The summed E-state index contributed by atoms with van der Waals surface area (Å²) < 4.78 is 48.1. The summed E-state index contributed by atoms with van der Waals surface area (Å²) in [4.78, 5) is 58.6. The van der Waals surface area contributed by atoms with E-state index in [9.17, 15) is 19.2 Å². The van der Waals surface area contributed by atoms with Crippen molar-refractivity contribution in [1.82, 2.24) is 24.3 Å². The fourth-order valence-corrected chi connectivity index (χ4v) is 7.14. The smallest absolute Gasteiger partial charge is 0.412 e. The number of halogens is 2. The van der Waals surface area contributed by atoms with Crippen molar-refractivity contribution in [2.24, 2.45) is 5.73 Å². The van der Waals surface area contributed by atoms with Crippen LogP contribution in [0.5, 0.6) is 5.88 Å². The lowest BCUT2D eigenvalue weighted by Crippen LogP contribution is -2.40. The minimum atomic E-state index is -1.06. The van der Waals surface area contributed by atoms with E-state index in [1.165, 1.54) is 31.5 Å². The first-order chi connectivity index (χ1) is 26.2. The SMILES string of the molecule is COc1ccc(-n2c(=O)c3c(CC(Cc4ccccc4)OC(N)=O)c(-c4ccc(NC(=O)OC(C)(C)C)cn4)sc3n(Cc3c(F)cccc3F)c2=O)nn1. The Morgan fingerprint density at radius 3 is 2.25 bits per heavy atom. The van der Waals surface area contributed by atoms with Gasteiger partial charge in [0.15, 0.2) is 5.82 Å². The van der Waals surface area contributed by atoms with Crippen molar-refractivity contribution in [3.8, 4) is 22.3 Å². The zero-order valence-electron chi connectivity index (χ0n) is 30.0. The molecular weight excluding hydrogens is 737 g/mol. The van der Waals surface area contributed by atoms with Crippen LogP contribution >= 0.6 is 11.3 Å². The number of carbonyl (C=O) groups is 2. The lowest BCUT2D eigenvalue weighted by Gasteiger charge is -2.19. The Morgan fingerprint density at radius 2 is 1.65 bits per heavy atom. The molecule has 1 atom stereocenters. The first kappa shape index (κ1) is 38.2. The highest BCUT2D eigenvalue weighted by atomic mass is 32.1. The lowest BCUT2D eigenvalue weighted by atomic mass is 9.98. The maximum absolute atomic E-state index is 15.2. The van der Waals surface area contributed by atoms with E-state index in [0.29, 0.717) is 21.8 Å². The summed E-state index contributed by atoms with van der Waals surface area (Å²) in [5.74, 6) is -1.91. The molecule has 0 saturated carbocycles. The van der Waals surface area contributed by atoms with Gasteiger partial charge in [-0.25, -0.2) is 27.7 Å². The van der Waals surface area contributed by atoms with Gasteiger partial charge in [-0.3, -0.25) is 19.7 Å². The second-order valence-corrected chi connectivity index (χ2v) is 14.2. The third-order valence-electron chi connectivity index (χ3n) is 8.18. The number of nitrogens with one attached hydrogen (secondary N) is 1. The van der Waals surface area contributed by atoms with Crippen LogP contribution in [0.15, 0.2) is 88.6 Å². The minimum absolute atomic E-state index is 0.0298. The molecule has 4 heterocycles. The van der Waals surface area contributed by atoms with Gasteiger partial charge in [0, 0.05) is 24.5 Å². The van der Waals surface area contributed by atoms with Gasteiger partial charge in [0.1, 0.15) is 28.2 Å². The fourth-order valence-electron chi connectivity index (χ4n) is 5.84. The quantitative estimate of drug-likeness (QED) is 0.159. The number of nitrogens with two attached hydrogens (primary N) is 1. The van der Waals surface area contributed by atoms with Crippen molar-refractivity contribution in [2.75, 3.05) is 12.4 Å². The Kier molecular flexibility index (Phi) is 11.0. The molecule has 3 N–H and O–H groups in total. The molecule has 0 radical (unpaired) electrons. The zero-order valence-corrected chi connectivity index (χ0v) is 30.9. The van der Waals surface area contributed by atoms with Crippen LogP contribution in [0.3, 0.4) is 0 Å². The summed E-state index contributed by atoms with van der Waals surface area (Å²) in [6.07, 6.45) is -1.24. The van der Waals surface area contributed by atoms with Crippen molar-refractivity contribution >= 4 is 39.4 Å². The topological polar surface area (TPSA) is 183 Å². The molecule has 0 bridgehead atoms. The number of thiophene rings is 1.